The van der Waals surface area contributed by atoms with E-state index >= 15 is 0 Å². The Kier molecular flexibility index (Phi) is 10.3. The summed E-state index contributed by atoms with van der Waals surface area (Å²) in [5.74, 6) is -1.00. The molecule has 0 bridgehead atoms. The molecule has 1 aromatic heterocycles. The number of hydrogen-bond donors (Lipinski definition) is 1. The van der Waals surface area contributed by atoms with E-state index in [0.717, 1.165) is 12.8 Å². The summed E-state index contributed by atoms with van der Waals surface area (Å²) in [6.07, 6.45) is 2.34. The molecule has 2 aromatic carbocycles. The maximum Gasteiger partial charge on any atom is 0.259 e. The number of hydrogen-bond acceptors (Lipinski definition) is 5. The number of nitrogens with one attached hydrogen (secondary N) is 1. The van der Waals surface area contributed by atoms with Crippen LogP contribution in [0.3, 0.4) is 0 Å². The Morgan fingerprint density at radius 2 is 1.74 bits per heavy atom. The lowest BCUT2D eigenvalue weighted by Crippen LogP contribution is -2.35. The van der Waals surface area contributed by atoms with Crippen LogP contribution in [0.2, 0.25) is 0 Å². The number of aromatic nitrogens is 1. The van der Waals surface area contributed by atoms with E-state index in [0.29, 0.717) is 23.2 Å². The highest BCUT2D eigenvalue weighted by atomic mass is 19.1. The number of carbonyl (C=O) groups excluding carboxylic acids is 3. The van der Waals surface area contributed by atoms with Gasteiger partial charge >= 0.3 is 0 Å². The molecule has 9 nitrogen and oxygen atoms in total. The molecule has 1 aliphatic rings. The van der Waals surface area contributed by atoms with Crippen LogP contribution in [-0.2, 0) is 23.1 Å². The fraction of sp³-hybridized carbons (Fsp3) is 0.375. The molecule has 1 saturated carbocycles. The van der Waals surface area contributed by atoms with E-state index in [9.17, 15) is 23.6 Å². The molecular formula is C32H40FN5O4. The second kappa shape index (κ2) is 13.5. The van der Waals surface area contributed by atoms with Crippen LogP contribution < -0.4 is 15.8 Å². The van der Waals surface area contributed by atoms with Gasteiger partial charge in [0.25, 0.3) is 11.5 Å². The lowest BCUT2D eigenvalue weighted by molar-refractivity contribution is -0.127. The zero-order valence-electron chi connectivity index (χ0n) is 25.6. The number of rotatable bonds is 9. The number of anilines is 4. The number of halogens is 1. The van der Waals surface area contributed by atoms with Gasteiger partial charge in [-0.25, -0.2) is 4.39 Å². The van der Waals surface area contributed by atoms with Crippen molar-refractivity contribution in [3.05, 3.63) is 80.9 Å². The predicted octanol–water partition coefficient (Wildman–Crippen LogP) is 5.07. The van der Waals surface area contributed by atoms with Crippen molar-refractivity contribution in [3.8, 4) is 0 Å². The smallest absolute Gasteiger partial charge is 0.259 e. The van der Waals surface area contributed by atoms with E-state index in [1.807, 2.05) is 13.8 Å². The highest BCUT2D eigenvalue weighted by molar-refractivity contribution is 6.09. The first-order chi connectivity index (χ1) is 19.9. The molecule has 0 atom stereocenters. The quantitative estimate of drug-likeness (QED) is 0.359. The van der Waals surface area contributed by atoms with E-state index < -0.39 is 17.3 Å². The molecule has 0 saturated heterocycles. The summed E-state index contributed by atoms with van der Waals surface area (Å²) < 4.78 is 16.2. The van der Waals surface area contributed by atoms with Crippen molar-refractivity contribution in [2.24, 2.45) is 7.05 Å². The lowest BCUT2D eigenvalue weighted by Gasteiger charge is -2.28. The van der Waals surface area contributed by atoms with E-state index in [1.165, 1.54) is 33.5 Å². The van der Waals surface area contributed by atoms with Crippen molar-refractivity contribution in [1.29, 1.82) is 0 Å². The monoisotopic (exact) mass is 577 g/mol. The SMILES string of the molecule is CC.Cc1ccc(Nc2c(C(=O)N(C)C3CC3)c(N(C=O)c3cccc(CC(=O)N(C)C)c3)c(C)c(=O)n2C)c(F)c1. The Labute approximate surface area is 246 Å². The molecule has 4 rings (SSSR count). The van der Waals surface area contributed by atoms with Gasteiger partial charge in [0.2, 0.25) is 12.3 Å². The van der Waals surface area contributed by atoms with Crippen LogP contribution in [0.1, 0.15) is 53.7 Å². The Morgan fingerprint density at radius 1 is 1.07 bits per heavy atom. The fourth-order valence-corrected chi connectivity index (χ4v) is 4.62. The normalized spacial score (nSPS) is 12.1. The van der Waals surface area contributed by atoms with Crippen LogP contribution in [-0.4, -0.2) is 59.8 Å². The van der Waals surface area contributed by atoms with Gasteiger partial charge in [0.05, 0.1) is 17.8 Å². The van der Waals surface area contributed by atoms with Gasteiger partial charge in [0.1, 0.15) is 17.2 Å². The molecule has 42 heavy (non-hydrogen) atoms. The number of aryl methyl sites for hydroxylation is 1. The molecule has 1 fully saturated rings. The third-order valence-electron chi connectivity index (χ3n) is 7.19. The number of amides is 3. The van der Waals surface area contributed by atoms with Crippen LogP contribution in [0.5, 0.6) is 0 Å². The van der Waals surface area contributed by atoms with Gasteiger partial charge in [-0.1, -0.05) is 32.0 Å². The van der Waals surface area contributed by atoms with E-state index in [-0.39, 0.29) is 46.7 Å². The zero-order chi connectivity index (χ0) is 31.3. The average Bonchev–Trinajstić information content (AvgIpc) is 3.82. The van der Waals surface area contributed by atoms with Crippen molar-refractivity contribution in [2.45, 2.75) is 53.0 Å². The first kappa shape index (κ1) is 32.0. The summed E-state index contributed by atoms with van der Waals surface area (Å²) in [6, 6.07) is 11.5. The van der Waals surface area contributed by atoms with Gasteiger partial charge in [-0.05, 0) is 62.1 Å². The number of pyridine rings is 1. The van der Waals surface area contributed by atoms with Crippen LogP contribution in [0.25, 0.3) is 0 Å². The predicted molar refractivity (Wildman–Crippen MR) is 164 cm³/mol. The average molecular weight is 578 g/mol. The minimum absolute atomic E-state index is 0.0342. The van der Waals surface area contributed by atoms with Crippen molar-refractivity contribution in [1.82, 2.24) is 14.4 Å². The minimum atomic E-state index is -0.547. The molecule has 0 aliphatic heterocycles. The molecule has 0 unspecified atom stereocenters. The molecule has 1 heterocycles. The maximum absolute atomic E-state index is 14.9. The van der Waals surface area contributed by atoms with Gasteiger partial charge in [-0.15, -0.1) is 0 Å². The van der Waals surface area contributed by atoms with Crippen molar-refractivity contribution < 1.29 is 18.8 Å². The molecule has 3 amide bonds. The molecule has 1 aliphatic carbocycles. The number of likely N-dealkylation sites (N-methyl/N-ethyl adjacent to an activating group) is 1. The third-order valence-corrected chi connectivity index (χ3v) is 7.19. The topological polar surface area (TPSA) is 95.0 Å². The first-order valence-corrected chi connectivity index (χ1v) is 14.0. The van der Waals surface area contributed by atoms with Gasteiger partial charge in [-0.3, -0.25) is 28.6 Å². The number of benzene rings is 2. The van der Waals surface area contributed by atoms with E-state index in [1.54, 1.807) is 70.2 Å². The highest BCUT2D eigenvalue weighted by Gasteiger charge is 2.35. The van der Waals surface area contributed by atoms with Gasteiger partial charge in [0, 0.05) is 45.5 Å². The molecule has 1 N–H and O–H groups in total. The Bertz CT molecular complexity index is 1540. The summed E-state index contributed by atoms with van der Waals surface area (Å²) in [5, 5.41) is 2.97. The maximum atomic E-state index is 14.9. The summed E-state index contributed by atoms with van der Waals surface area (Å²) in [5.41, 5.74) is 1.72. The second-order valence-electron chi connectivity index (χ2n) is 10.4. The third kappa shape index (κ3) is 6.70. The van der Waals surface area contributed by atoms with Gasteiger partial charge < -0.3 is 15.1 Å². The van der Waals surface area contributed by atoms with Crippen LogP contribution in [0.15, 0.2) is 47.3 Å². The van der Waals surface area contributed by atoms with Crippen LogP contribution >= 0.6 is 0 Å². The second-order valence-corrected chi connectivity index (χ2v) is 10.4. The highest BCUT2D eigenvalue weighted by Crippen LogP contribution is 2.38. The molecule has 224 valence electrons. The van der Waals surface area contributed by atoms with Crippen molar-refractivity contribution >= 4 is 41.1 Å². The first-order valence-electron chi connectivity index (χ1n) is 14.0. The Hall–Kier alpha value is -4.47. The standard InChI is InChI=1S/C30H34FN5O4.C2H6/c1-18-10-13-24(23(31)14-18)32-28-26(30(40)34(5)21-11-12-21)27(19(2)29(39)35(28)6)36(17-37)22-9-7-8-20(15-22)16-25(38)33(3)4;1-2/h7-10,13-15,17,21,32H,11-12,16H2,1-6H3;1-2H3. The number of carbonyl (C=O) groups is 3. The Balaban J connectivity index is 0.00000237. The van der Waals surface area contributed by atoms with Gasteiger partial charge in [0.15, 0.2) is 0 Å². The molecule has 0 radical (unpaired) electrons. The van der Waals surface area contributed by atoms with Gasteiger partial charge in [-0.2, -0.15) is 0 Å². The molecule has 10 heteroatoms. The fourth-order valence-electron chi connectivity index (χ4n) is 4.62. The van der Waals surface area contributed by atoms with E-state index in [4.69, 9.17) is 0 Å². The van der Waals surface area contributed by atoms with Crippen LogP contribution in [0, 0.1) is 19.7 Å². The summed E-state index contributed by atoms with van der Waals surface area (Å²) in [7, 11) is 6.50. The molecule has 0 spiro atoms. The van der Waals surface area contributed by atoms with Crippen molar-refractivity contribution in [3.63, 3.8) is 0 Å². The van der Waals surface area contributed by atoms with Crippen molar-refractivity contribution in [2.75, 3.05) is 31.4 Å². The lowest BCUT2D eigenvalue weighted by atomic mass is 10.0. The Morgan fingerprint density at radius 3 is 2.31 bits per heavy atom. The summed E-state index contributed by atoms with van der Waals surface area (Å²) >= 11 is 0. The van der Waals surface area contributed by atoms with Crippen LogP contribution in [0.4, 0.5) is 27.3 Å². The molecular weight excluding hydrogens is 537 g/mol. The summed E-state index contributed by atoms with van der Waals surface area (Å²) in [6.45, 7) is 7.31. The zero-order valence-corrected chi connectivity index (χ0v) is 25.6. The largest absolute Gasteiger partial charge is 0.349 e. The molecule has 3 aromatic rings. The minimum Gasteiger partial charge on any atom is -0.349 e. The van der Waals surface area contributed by atoms with E-state index in [2.05, 4.69) is 5.32 Å². The summed E-state index contributed by atoms with van der Waals surface area (Å²) in [4.78, 5) is 56.8. The number of nitrogens with zero attached hydrogens (tertiary/aromatic N) is 4.